The normalized spacial score (nSPS) is 18.0. The quantitative estimate of drug-likeness (QED) is 0.796. The minimum atomic E-state index is 0.201. The number of aromatic amines is 1. The highest BCUT2D eigenvalue weighted by atomic mass is 16.2. The highest BCUT2D eigenvalue weighted by molar-refractivity contribution is 5.79. The number of H-pyrrole nitrogens is 1. The lowest BCUT2D eigenvalue weighted by molar-refractivity contribution is -0.132. The molecule has 0 aliphatic carbocycles. The van der Waals surface area contributed by atoms with E-state index in [-0.39, 0.29) is 5.91 Å². The average molecular weight is 337 g/mol. The number of carbonyl (C=O) groups excluding carboxylic acids is 1. The minimum Gasteiger partial charge on any atom is -0.346 e. The van der Waals surface area contributed by atoms with E-state index in [0.29, 0.717) is 18.9 Å². The van der Waals surface area contributed by atoms with Gasteiger partial charge < -0.3 is 9.88 Å². The number of para-hydroxylation sites is 1. The Morgan fingerprint density at radius 1 is 1.32 bits per heavy atom. The number of imidazole rings is 1. The zero-order valence-corrected chi connectivity index (χ0v) is 14.5. The van der Waals surface area contributed by atoms with Crippen molar-refractivity contribution < 1.29 is 4.79 Å². The van der Waals surface area contributed by atoms with E-state index in [1.54, 1.807) is 0 Å². The van der Waals surface area contributed by atoms with Crippen LogP contribution in [-0.4, -0.2) is 43.6 Å². The van der Waals surface area contributed by atoms with E-state index < -0.39 is 0 Å². The van der Waals surface area contributed by atoms with Gasteiger partial charge in [0.15, 0.2) is 0 Å². The molecule has 0 unspecified atom stereocenters. The number of fused-ring (bicyclic) bond motifs is 1. The zero-order valence-electron chi connectivity index (χ0n) is 14.5. The number of piperidine rings is 1. The molecule has 0 bridgehead atoms. The second-order valence-corrected chi connectivity index (χ2v) is 6.81. The molecule has 4 rings (SSSR count). The van der Waals surface area contributed by atoms with E-state index in [1.165, 1.54) is 0 Å². The zero-order chi connectivity index (χ0) is 17.2. The minimum absolute atomic E-state index is 0.201. The van der Waals surface area contributed by atoms with Crippen LogP contribution < -0.4 is 0 Å². The predicted octanol–water partition coefficient (Wildman–Crippen LogP) is 2.86. The third-order valence-corrected chi connectivity index (χ3v) is 4.97. The standard InChI is InChI=1S/C19H23N5O/c1-14-11-20-19(22-14)16-6-4-9-23(13-16)18(25)8-10-24-17-7-3-2-5-15(17)12-21-24/h2-3,5,7,11-12,16H,4,6,8-10,13H2,1H3,(H,20,22)/t16-/m1/s1. The van der Waals surface area contributed by atoms with Crippen molar-refractivity contribution in [1.82, 2.24) is 24.6 Å². The number of amides is 1. The van der Waals surface area contributed by atoms with Crippen LogP contribution in [0.15, 0.2) is 36.7 Å². The third kappa shape index (κ3) is 3.29. The summed E-state index contributed by atoms with van der Waals surface area (Å²) in [6, 6.07) is 8.09. The van der Waals surface area contributed by atoms with Crippen LogP contribution in [0.3, 0.4) is 0 Å². The molecule has 0 radical (unpaired) electrons. The number of hydrogen-bond donors (Lipinski definition) is 1. The molecule has 25 heavy (non-hydrogen) atoms. The molecule has 3 aromatic rings. The van der Waals surface area contributed by atoms with E-state index in [0.717, 1.165) is 48.4 Å². The van der Waals surface area contributed by atoms with E-state index in [9.17, 15) is 4.79 Å². The first-order valence-corrected chi connectivity index (χ1v) is 8.90. The summed E-state index contributed by atoms with van der Waals surface area (Å²) in [6.45, 7) is 4.23. The van der Waals surface area contributed by atoms with E-state index >= 15 is 0 Å². The molecule has 1 fully saturated rings. The molecule has 1 aromatic carbocycles. The van der Waals surface area contributed by atoms with Gasteiger partial charge in [0, 0.05) is 42.7 Å². The summed E-state index contributed by atoms with van der Waals surface area (Å²) in [6.07, 6.45) is 6.31. The molecule has 2 aromatic heterocycles. The number of nitrogens with one attached hydrogen (secondary N) is 1. The second-order valence-electron chi connectivity index (χ2n) is 6.81. The summed E-state index contributed by atoms with van der Waals surface area (Å²) in [7, 11) is 0. The summed E-state index contributed by atoms with van der Waals surface area (Å²) in [5.41, 5.74) is 2.15. The Kier molecular flexibility index (Phi) is 4.26. The molecular weight excluding hydrogens is 314 g/mol. The maximum atomic E-state index is 12.7. The largest absolute Gasteiger partial charge is 0.346 e. The number of benzene rings is 1. The van der Waals surface area contributed by atoms with Gasteiger partial charge in [0.2, 0.25) is 5.91 Å². The van der Waals surface area contributed by atoms with Crippen LogP contribution >= 0.6 is 0 Å². The van der Waals surface area contributed by atoms with Crippen molar-refractivity contribution in [2.75, 3.05) is 13.1 Å². The maximum absolute atomic E-state index is 12.7. The van der Waals surface area contributed by atoms with E-state index in [1.807, 2.05) is 53.2 Å². The van der Waals surface area contributed by atoms with Crippen LogP contribution in [-0.2, 0) is 11.3 Å². The van der Waals surface area contributed by atoms with Crippen LogP contribution in [0.25, 0.3) is 10.9 Å². The fourth-order valence-corrected chi connectivity index (χ4v) is 3.63. The smallest absolute Gasteiger partial charge is 0.224 e. The van der Waals surface area contributed by atoms with Gasteiger partial charge in [-0.05, 0) is 25.8 Å². The molecule has 6 heteroatoms. The topological polar surface area (TPSA) is 66.8 Å². The van der Waals surface area contributed by atoms with Crippen LogP contribution in [0.4, 0.5) is 0 Å². The van der Waals surface area contributed by atoms with Gasteiger partial charge in [0.1, 0.15) is 5.82 Å². The molecule has 0 saturated carbocycles. The molecule has 130 valence electrons. The number of hydrogen-bond acceptors (Lipinski definition) is 3. The molecule has 1 N–H and O–H groups in total. The molecule has 1 aliphatic heterocycles. The van der Waals surface area contributed by atoms with Gasteiger partial charge in [-0.1, -0.05) is 18.2 Å². The summed E-state index contributed by atoms with van der Waals surface area (Å²) in [4.78, 5) is 22.4. The van der Waals surface area contributed by atoms with Crippen LogP contribution in [0, 0.1) is 6.92 Å². The highest BCUT2D eigenvalue weighted by Crippen LogP contribution is 2.25. The molecule has 1 aliphatic rings. The summed E-state index contributed by atoms with van der Waals surface area (Å²) in [5, 5.41) is 5.52. The van der Waals surface area contributed by atoms with Crippen molar-refractivity contribution in [3.8, 4) is 0 Å². The van der Waals surface area contributed by atoms with Gasteiger partial charge in [-0.25, -0.2) is 4.98 Å². The lowest BCUT2D eigenvalue weighted by atomic mass is 9.97. The molecule has 3 heterocycles. The SMILES string of the molecule is Cc1cnc([C@@H]2CCCN(C(=O)CCn3ncc4ccccc43)C2)[nH]1. The molecule has 6 nitrogen and oxygen atoms in total. The summed E-state index contributed by atoms with van der Waals surface area (Å²) in [5.74, 6) is 1.53. The molecular formula is C19H23N5O. The van der Waals surface area contributed by atoms with Crippen LogP contribution in [0.5, 0.6) is 0 Å². The van der Waals surface area contributed by atoms with Crippen molar-refractivity contribution in [2.45, 2.75) is 38.6 Å². The lowest BCUT2D eigenvalue weighted by Crippen LogP contribution is -2.39. The second kappa shape index (κ2) is 6.70. The fourth-order valence-electron chi connectivity index (χ4n) is 3.63. The van der Waals surface area contributed by atoms with E-state index in [4.69, 9.17) is 0 Å². The first-order chi connectivity index (χ1) is 12.2. The Bertz CT molecular complexity index is 881. The fraction of sp³-hybridized carbons (Fsp3) is 0.421. The Morgan fingerprint density at radius 3 is 3.04 bits per heavy atom. The number of aromatic nitrogens is 4. The summed E-state index contributed by atoms with van der Waals surface area (Å²) < 4.78 is 1.92. The Balaban J connectivity index is 1.39. The maximum Gasteiger partial charge on any atom is 0.224 e. The van der Waals surface area contributed by atoms with E-state index in [2.05, 4.69) is 15.1 Å². The number of likely N-dealkylation sites (tertiary alicyclic amines) is 1. The van der Waals surface area contributed by atoms with Gasteiger partial charge in [0.25, 0.3) is 0 Å². The summed E-state index contributed by atoms with van der Waals surface area (Å²) >= 11 is 0. The lowest BCUT2D eigenvalue weighted by Gasteiger charge is -2.32. The van der Waals surface area contributed by atoms with Gasteiger partial charge in [-0.2, -0.15) is 5.10 Å². The Hall–Kier alpha value is -2.63. The van der Waals surface area contributed by atoms with Crippen molar-refractivity contribution in [1.29, 1.82) is 0 Å². The monoisotopic (exact) mass is 337 g/mol. The van der Waals surface area contributed by atoms with Crippen molar-refractivity contribution >= 4 is 16.8 Å². The van der Waals surface area contributed by atoms with Gasteiger partial charge in [-0.15, -0.1) is 0 Å². The number of rotatable bonds is 4. The first kappa shape index (κ1) is 15.9. The van der Waals surface area contributed by atoms with Gasteiger partial charge >= 0.3 is 0 Å². The van der Waals surface area contributed by atoms with Gasteiger partial charge in [0.05, 0.1) is 18.3 Å². The van der Waals surface area contributed by atoms with Crippen molar-refractivity contribution in [2.24, 2.45) is 0 Å². The average Bonchev–Trinajstić information content (AvgIpc) is 3.26. The van der Waals surface area contributed by atoms with Crippen LogP contribution in [0.2, 0.25) is 0 Å². The van der Waals surface area contributed by atoms with Gasteiger partial charge in [-0.3, -0.25) is 9.48 Å². The van der Waals surface area contributed by atoms with Crippen molar-refractivity contribution in [3.63, 3.8) is 0 Å². The van der Waals surface area contributed by atoms with Crippen molar-refractivity contribution in [3.05, 3.63) is 48.2 Å². The third-order valence-electron chi connectivity index (χ3n) is 4.97. The Morgan fingerprint density at radius 2 is 2.20 bits per heavy atom. The molecule has 1 amide bonds. The Labute approximate surface area is 146 Å². The number of carbonyl (C=O) groups is 1. The molecule has 1 saturated heterocycles. The molecule has 0 spiro atoms. The highest BCUT2D eigenvalue weighted by Gasteiger charge is 2.26. The number of nitrogens with zero attached hydrogens (tertiary/aromatic N) is 4. The first-order valence-electron chi connectivity index (χ1n) is 8.90. The molecule has 1 atom stereocenters. The number of aryl methyl sites for hydroxylation is 2. The van der Waals surface area contributed by atoms with Crippen LogP contribution in [0.1, 0.15) is 36.7 Å². The predicted molar refractivity (Wildman–Crippen MR) is 96.2 cm³/mol.